The molecular formula is C20H31ClN2O. The van der Waals surface area contributed by atoms with Gasteiger partial charge in [0.15, 0.2) is 0 Å². The summed E-state index contributed by atoms with van der Waals surface area (Å²) in [7, 11) is 0. The minimum Gasteiger partial charge on any atom is -0.356 e. The SMILES string of the molecule is Cl.N[C@@H]1CCC[C@H]1CC(=O)NCC1CCC(c2ccccc2)CC1. The highest BCUT2D eigenvalue weighted by Gasteiger charge is 2.27. The Morgan fingerprint density at radius 3 is 2.38 bits per heavy atom. The molecule has 1 amide bonds. The highest BCUT2D eigenvalue weighted by atomic mass is 35.5. The minimum absolute atomic E-state index is 0. The lowest BCUT2D eigenvalue weighted by atomic mass is 9.78. The molecule has 3 nitrogen and oxygen atoms in total. The van der Waals surface area contributed by atoms with E-state index in [-0.39, 0.29) is 24.4 Å². The number of carbonyl (C=O) groups excluding carboxylic acids is 1. The van der Waals surface area contributed by atoms with Crippen molar-refractivity contribution in [1.29, 1.82) is 0 Å². The van der Waals surface area contributed by atoms with Crippen LogP contribution in [0.25, 0.3) is 0 Å². The second kappa shape index (κ2) is 9.43. The van der Waals surface area contributed by atoms with E-state index in [2.05, 4.69) is 35.6 Å². The molecule has 2 fully saturated rings. The zero-order valence-electron chi connectivity index (χ0n) is 14.5. The van der Waals surface area contributed by atoms with E-state index in [1.807, 2.05) is 0 Å². The van der Waals surface area contributed by atoms with Crippen molar-refractivity contribution in [2.24, 2.45) is 17.6 Å². The fourth-order valence-electron chi connectivity index (χ4n) is 4.31. The first-order chi connectivity index (χ1) is 11.2. The fourth-order valence-corrected chi connectivity index (χ4v) is 4.31. The van der Waals surface area contributed by atoms with Crippen LogP contribution in [0.4, 0.5) is 0 Å². The number of rotatable bonds is 5. The topological polar surface area (TPSA) is 55.1 Å². The second-order valence-electron chi connectivity index (χ2n) is 7.49. The highest BCUT2D eigenvalue weighted by molar-refractivity contribution is 5.85. The van der Waals surface area contributed by atoms with Crippen molar-refractivity contribution >= 4 is 18.3 Å². The Labute approximate surface area is 152 Å². The maximum atomic E-state index is 12.1. The number of nitrogens with two attached hydrogens (primary N) is 1. The van der Waals surface area contributed by atoms with Gasteiger partial charge in [0.2, 0.25) is 5.91 Å². The molecule has 134 valence electrons. The Hall–Kier alpha value is -1.06. The predicted molar refractivity (Wildman–Crippen MR) is 101 cm³/mol. The largest absolute Gasteiger partial charge is 0.356 e. The Morgan fingerprint density at radius 1 is 1.04 bits per heavy atom. The van der Waals surface area contributed by atoms with Gasteiger partial charge in [-0.25, -0.2) is 0 Å². The smallest absolute Gasteiger partial charge is 0.220 e. The predicted octanol–water partition coefficient (Wildman–Crippen LogP) is 4.02. The second-order valence-corrected chi connectivity index (χ2v) is 7.49. The van der Waals surface area contributed by atoms with Crippen LogP contribution in [0.5, 0.6) is 0 Å². The lowest BCUT2D eigenvalue weighted by Gasteiger charge is -2.29. The molecule has 0 aliphatic heterocycles. The molecule has 2 aliphatic carbocycles. The van der Waals surface area contributed by atoms with E-state index in [1.165, 1.54) is 37.7 Å². The van der Waals surface area contributed by atoms with Crippen LogP contribution in [0.3, 0.4) is 0 Å². The van der Waals surface area contributed by atoms with Gasteiger partial charge in [0.25, 0.3) is 0 Å². The van der Waals surface area contributed by atoms with E-state index in [0.717, 1.165) is 19.4 Å². The van der Waals surface area contributed by atoms with Gasteiger partial charge in [0, 0.05) is 19.0 Å². The first-order valence-corrected chi connectivity index (χ1v) is 9.29. The summed E-state index contributed by atoms with van der Waals surface area (Å²) in [6, 6.07) is 11.1. The molecule has 2 atom stereocenters. The molecule has 0 unspecified atom stereocenters. The Morgan fingerprint density at radius 2 is 1.75 bits per heavy atom. The van der Waals surface area contributed by atoms with Crippen LogP contribution in [0.1, 0.15) is 62.8 Å². The minimum atomic E-state index is 0. The average molecular weight is 351 g/mol. The first-order valence-electron chi connectivity index (χ1n) is 9.29. The Kier molecular flexibility index (Phi) is 7.57. The maximum absolute atomic E-state index is 12.1. The van der Waals surface area contributed by atoms with E-state index in [1.54, 1.807) is 0 Å². The number of carbonyl (C=O) groups is 1. The lowest BCUT2D eigenvalue weighted by Crippen LogP contribution is -2.34. The van der Waals surface area contributed by atoms with E-state index in [0.29, 0.717) is 24.2 Å². The fraction of sp³-hybridized carbons (Fsp3) is 0.650. The van der Waals surface area contributed by atoms with Gasteiger partial charge >= 0.3 is 0 Å². The molecule has 3 N–H and O–H groups in total. The molecule has 0 saturated heterocycles. The monoisotopic (exact) mass is 350 g/mol. The van der Waals surface area contributed by atoms with Crippen LogP contribution in [-0.4, -0.2) is 18.5 Å². The first kappa shape index (κ1) is 19.3. The zero-order chi connectivity index (χ0) is 16.1. The van der Waals surface area contributed by atoms with Crippen LogP contribution in [0.15, 0.2) is 30.3 Å². The number of hydrogen-bond acceptors (Lipinski definition) is 2. The summed E-state index contributed by atoms with van der Waals surface area (Å²) < 4.78 is 0. The van der Waals surface area contributed by atoms with Gasteiger partial charge in [-0.05, 0) is 61.8 Å². The van der Waals surface area contributed by atoms with Crippen LogP contribution >= 0.6 is 12.4 Å². The normalized spacial score (nSPS) is 29.7. The van der Waals surface area contributed by atoms with Crippen molar-refractivity contribution in [2.45, 2.75) is 63.3 Å². The number of benzene rings is 1. The molecule has 4 heteroatoms. The molecule has 2 aliphatic rings. The average Bonchev–Trinajstić information content (AvgIpc) is 2.99. The zero-order valence-corrected chi connectivity index (χ0v) is 15.3. The molecule has 3 rings (SSSR count). The molecule has 0 spiro atoms. The van der Waals surface area contributed by atoms with Gasteiger partial charge in [-0.2, -0.15) is 0 Å². The third-order valence-corrected chi connectivity index (χ3v) is 5.87. The summed E-state index contributed by atoms with van der Waals surface area (Å²) in [6.07, 6.45) is 8.96. The van der Waals surface area contributed by atoms with Gasteiger partial charge in [-0.15, -0.1) is 12.4 Å². The van der Waals surface area contributed by atoms with Crippen molar-refractivity contribution in [1.82, 2.24) is 5.32 Å². The van der Waals surface area contributed by atoms with Crippen molar-refractivity contribution in [3.63, 3.8) is 0 Å². The van der Waals surface area contributed by atoms with Crippen LogP contribution < -0.4 is 11.1 Å². The quantitative estimate of drug-likeness (QED) is 0.842. The standard InChI is InChI=1S/C20H30N2O.ClH/c21-19-8-4-7-18(19)13-20(23)22-14-15-9-11-17(12-10-15)16-5-2-1-3-6-16;/h1-3,5-6,15,17-19H,4,7-14,21H2,(H,22,23);1H/t15?,17?,18-,19+;/m0./s1. The van der Waals surface area contributed by atoms with E-state index in [4.69, 9.17) is 5.73 Å². The highest BCUT2D eigenvalue weighted by Crippen LogP contribution is 2.35. The lowest BCUT2D eigenvalue weighted by molar-refractivity contribution is -0.122. The molecule has 24 heavy (non-hydrogen) atoms. The number of hydrogen-bond donors (Lipinski definition) is 2. The van der Waals surface area contributed by atoms with E-state index < -0.39 is 0 Å². The van der Waals surface area contributed by atoms with E-state index in [9.17, 15) is 4.79 Å². The molecule has 1 aromatic rings. The number of amides is 1. The van der Waals surface area contributed by atoms with Gasteiger partial charge in [0.05, 0.1) is 0 Å². The molecule has 0 heterocycles. The van der Waals surface area contributed by atoms with Crippen LogP contribution in [0, 0.1) is 11.8 Å². The van der Waals surface area contributed by atoms with E-state index >= 15 is 0 Å². The van der Waals surface area contributed by atoms with Crippen LogP contribution in [0.2, 0.25) is 0 Å². The third kappa shape index (κ3) is 5.22. The number of halogens is 1. The van der Waals surface area contributed by atoms with Gasteiger partial charge < -0.3 is 11.1 Å². The Balaban J connectivity index is 0.00000208. The maximum Gasteiger partial charge on any atom is 0.220 e. The summed E-state index contributed by atoms with van der Waals surface area (Å²) in [5.74, 6) is 1.97. The molecule has 1 aromatic carbocycles. The summed E-state index contributed by atoms with van der Waals surface area (Å²) >= 11 is 0. The Bertz CT molecular complexity index is 500. The molecule has 0 bridgehead atoms. The molecule has 2 saturated carbocycles. The summed E-state index contributed by atoms with van der Waals surface area (Å²) in [5, 5.41) is 3.16. The number of nitrogens with one attached hydrogen (secondary N) is 1. The van der Waals surface area contributed by atoms with Crippen LogP contribution in [-0.2, 0) is 4.79 Å². The summed E-state index contributed by atoms with van der Waals surface area (Å²) in [4.78, 5) is 12.1. The van der Waals surface area contributed by atoms with Crippen molar-refractivity contribution in [3.05, 3.63) is 35.9 Å². The third-order valence-electron chi connectivity index (χ3n) is 5.87. The van der Waals surface area contributed by atoms with Crippen molar-refractivity contribution < 1.29 is 4.79 Å². The van der Waals surface area contributed by atoms with Crippen molar-refractivity contribution in [3.8, 4) is 0 Å². The molecule has 0 aromatic heterocycles. The summed E-state index contributed by atoms with van der Waals surface area (Å²) in [6.45, 7) is 0.850. The van der Waals surface area contributed by atoms with Gasteiger partial charge in [-0.3, -0.25) is 4.79 Å². The summed E-state index contributed by atoms with van der Waals surface area (Å²) in [5.41, 5.74) is 7.53. The molecular weight excluding hydrogens is 320 g/mol. The van der Waals surface area contributed by atoms with Gasteiger partial charge in [0.1, 0.15) is 0 Å². The van der Waals surface area contributed by atoms with Gasteiger partial charge in [-0.1, -0.05) is 36.8 Å². The van der Waals surface area contributed by atoms with Crippen molar-refractivity contribution in [2.75, 3.05) is 6.54 Å². The molecule has 0 radical (unpaired) electrons.